The number of piperazine rings is 1. The Morgan fingerprint density at radius 3 is 2.07 bits per heavy atom. The van der Waals surface area contributed by atoms with E-state index in [4.69, 9.17) is 23.7 Å². The van der Waals surface area contributed by atoms with Crippen LogP contribution in [0.15, 0.2) is 145 Å². The second-order valence-corrected chi connectivity index (χ2v) is 23.2. The number of carbonyl (C=O) groups is 6. The fraction of sp³-hybridized carbons (Fsp3) is 0.422. The molecule has 5 aromatic rings. The van der Waals surface area contributed by atoms with Crippen molar-refractivity contribution < 1.29 is 67.8 Å². The standard InChI is InChI=1S/C47H51NO14.C17H19N3/c1-25-31(60-43(56)36(52)35(28-16-10-7-11-17-28)48-41(54)29-18-12-8-13-19-29)23-47(57)40(61-42(55)30-20-14-9-15-21-30)38-45(6,32(51)22-33-46(38,24-58-33)62-27(3)50)39(53)37(59-26(2)49)34(25)44(47,4)5;1-19-9-10-20-16(12-19)15-7-3-2-5-13(15)11-14-6-4-8-18-17(14)20/h7-21,31-33,35-38,40,51-52,57H,22-24H2,1-6H3,(H,48,54);2-8,16H,9-12H2,1H3/t31-,32-,33+,35-,36+,37+,38-,40-,45+,46-,47+;/m0./s1. The third kappa shape index (κ3) is 10.2. The van der Waals surface area contributed by atoms with Gasteiger partial charge in [0, 0.05) is 69.9 Å². The lowest BCUT2D eigenvalue weighted by molar-refractivity contribution is -0.346. The summed E-state index contributed by atoms with van der Waals surface area (Å²) in [5.41, 5.74) is -2.75. The number of nitrogens with zero attached hydrogens (tertiary/aromatic N) is 3. The van der Waals surface area contributed by atoms with Crippen LogP contribution in [0.1, 0.15) is 109 Å². The van der Waals surface area contributed by atoms with Crippen molar-refractivity contribution in [1.82, 2.24) is 15.2 Å². The van der Waals surface area contributed by atoms with Crippen LogP contribution in [0.5, 0.6) is 0 Å². The van der Waals surface area contributed by atoms with Gasteiger partial charge in [-0.2, -0.15) is 0 Å². The zero-order valence-corrected chi connectivity index (χ0v) is 47.0. The van der Waals surface area contributed by atoms with Gasteiger partial charge in [-0.25, -0.2) is 14.6 Å². The van der Waals surface area contributed by atoms with E-state index in [1.807, 2.05) is 6.20 Å². The molecule has 2 bridgehead atoms. The number of aliphatic hydroxyl groups excluding tert-OH is 2. The highest BCUT2D eigenvalue weighted by molar-refractivity contribution is 5.96. The number of esters is 4. The molecule has 1 unspecified atom stereocenters. The summed E-state index contributed by atoms with van der Waals surface area (Å²) in [5.74, 6) is -5.66. The maximum absolute atomic E-state index is 15.5. The highest BCUT2D eigenvalue weighted by Crippen LogP contribution is 2.64. The first-order valence-corrected chi connectivity index (χ1v) is 27.8. The van der Waals surface area contributed by atoms with Crippen LogP contribution in [0.25, 0.3) is 0 Å². The molecule has 0 radical (unpaired) electrons. The number of ketones is 1. The molecule has 4 N–H and O–H groups in total. The van der Waals surface area contributed by atoms with Crippen molar-refractivity contribution in [2.24, 2.45) is 16.7 Å². The third-order valence-corrected chi connectivity index (χ3v) is 18.0. The van der Waals surface area contributed by atoms with Gasteiger partial charge in [0.1, 0.15) is 29.7 Å². The van der Waals surface area contributed by atoms with Crippen molar-refractivity contribution in [2.45, 2.75) is 121 Å². The van der Waals surface area contributed by atoms with Crippen molar-refractivity contribution in [1.29, 1.82) is 0 Å². The minimum atomic E-state index is -2.39. The highest BCUT2D eigenvalue weighted by atomic mass is 16.6. The Balaban J connectivity index is 0.000000312. The Bertz CT molecular complexity index is 3290. The van der Waals surface area contributed by atoms with Crippen LogP contribution in [0.2, 0.25) is 0 Å². The van der Waals surface area contributed by atoms with E-state index in [1.165, 1.54) is 48.5 Å². The van der Waals surface area contributed by atoms with E-state index in [1.54, 1.807) is 92.7 Å². The number of fused-ring (bicyclic) bond motifs is 10. The summed E-state index contributed by atoms with van der Waals surface area (Å²) in [7, 11) is 2.21. The van der Waals surface area contributed by atoms with Gasteiger partial charge in [-0.15, -0.1) is 0 Å². The van der Waals surface area contributed by atoms with Gasteiger partial charge in [0.25, 0.3) is 5.91 Å². The average Bonchev–Trinajstić information content (AvgIpc) is 1.67. The molecule has 82 heavy (non-hydrogen) atoms. The van der Waals surface area contributed by atoms with Crippen molar-refractivity contribution in [2.75, 3.05) is 38.2 Å². The second-order valence-electron chi connectivity index (χ2n) is 23.2. The van der Waals surface area contributed by atoms with E-state index < -0.39 is 113 Å². The van der Waals surface area contributed by atoms with Gasteiger partial charge < -0.3 is 54.1 Å². The molecule has 12 atom stereocenters. The van der Waals surface area contributed by atoms with Crippen LogP contribution >= 0.6 is 0 Å². The predicted molar refractivity (Wildman–Crippen MR) is 299 cm³/mol. The second kappa shape index (κ2) is 22.6. The fourth-order valence-electron chi connectivity index (χ4n) is 13.7. The van der Waals surface area contributed by atoms with E-state index in [0.717, 1.165) is 39.9 Å². The number of rotatable bonds is 10. The molecule has 2 saturated heterocycles. The number of aliphatic hydroxyl groups is 3. The summed E-state index contributed by atoms with van der Waals surface area (Å²) < 4.78 is 30.3. The van der Waals surface area contributed by atoms with Crippen LogP contribution in [0.3, 0.4) is 0 Å². The molecule has 1 amide bonds. The third-order valence-electron chi connectivity index (χ3n) is 18.0. The minimum Gasteiger partial charge on any atom is -0.456 e. The largest absolute Gasteiger partial charge is 0.456 e. The quantitative estimate of drug-likeness (QED) is 0.0690. The predicted octanol–water partition coefficient (Wildman–Crippen LogP) is 6.21. The number of Topliss-reactive ketones (excluding diaryl/α,β-unsaturated/α-hetero) is 1. The highest BCUT2D eigenvalue weighted by Gasteiger charge is 2.78. The van der Waals surface area contributed by atoms with Crippen LogP contribution in [-0.4, -0.2) is 142 Å². The number of benzene rings is 4. The molecular formula is C64H70N4O14. The van der Waals surface area contributed by atoms with Crippen LogP contribution in [0, 0.1) is 16.7 Å². The summed E-state index contributed by atoms with van der Waals surface area (Å²) in [6, 6.07) is 36.5. The summed E-state index contributed by atoms with van der Waals surface area (Å²) in [4.78, 5) is 93.1. The maximum Gasteiger partial charge on any atom is 0.338 e. The zero-order chi connectivity index (χ0) is 58.5. The lowest BCUT2D eigenvalue weighted by Gasteiger charge is -2.67. The first kappa shape index (κ1) is 57.6. The zero-order valence-electron chi connectivity index (χ0n) is 47.0. The first-order chi connectivity index (χ1) is 39.1. The molecule has 2 saturated carbocycles. The van der Waals surface area contributed by atoms with Crippen LogP contribution < -0.4 is 10.2 Å². The molecule has 3 aliphatic carbocycles. The van der Waals surface area contributed by atoms with Crippen molar-refractivity contribution >= 4 is 41.4 Å². The molecule has 18 nitrogen and oxygen atoms in total. The van der Waals surface area contributed by atoms with Crippen LogP contribution in [-0.2, 0) is 49.3 Å². The number of ether oxygens (including phenoxy) is 5. The Hall–Kier alpha value is -7.61. The minimum absolute atomic E-state index is 0.00289. The molecule has 3 aliphatic heterocycles. The van der Waals surface area contributed by atoms with Crippen molar-refractivity contribution in [3.8, 4) is 0 Å². The van der Waals surface area contributed by atoms with E-state index in [-0.39, 0.29) is 35.3 Å². The molecule has 11 rings (SSSR count). The smallest absolute Gasteiger partial charge is 0.338 e. The summed E-state index contributed by atoms with van der Waals surface area (Å²) in [5, 5.41) is 40.2. The molecular weight excluding hydrogens is 1050 g/mol. The maximum atomic E-state index is 15.5. The Kier molecular flexibility index (Phi) is 15.9. The SMILES string of the molecule is CC(=O)O[C@H]1C(=O)[C@@]2(C)[C@H]([C@H](OC(=O)c3ccccc3)[C@]3(O)C[C@H](OC(=O)[C@H](O)[C@@H](NC(=O)c4ccccc4)c4ccccc4)C(C)=C1C3(C)C)[C@]1(OC(C)=O)CO[C@@H]1C[C@@H]2O.CN1CCN2c3ncccc3Cc3ccccc3C2C1. The lowest BCUT2D eigenvalue weighted by atomic mass is 9.44. The molecule has 4 fully saturated rings. The molecule has 6 aliphatic rings. The molecule has 18 heteroatoms. The van der Waals surface area contributed by atoms with E-state index >= 15 is 4.79 Å². The number of hydrogen-bond donors (Lipinski definition) is 4. The van der Waals surface area contributed by atoms with Gasteiger partial charge in [0.05, 0.1) is 41.7 Å². The summed E-state index contributed by atoms with van der Waals surface area (Å²) in [6.07, 6.45) is -7.59. The number of aromatic nitrogens is 1. The molecule has 1 aromatic heterocycles. The number of likely N-dealkylation sites (N-methyl/N-ethyl adjacent to an activating group) is 1. The molecule has 4 aromatic carbocycles. The Morgan fingerprint density at radius 2 is 1.43 bits per heavy atom. The van der Waals surface area contributed by atoms with Gasteiger partial charge >= 0.3 is 23.9 Å². The van der Waals surface area contributed by atoms with Crippen molar-refractivity contribution in [3.63, 3.8) is 0 Å². The fourth-order valence-corrected chi connectivity index (χ4v) is 13.7. The van der Waals surface area contributed by atoms with Gasteiger partial charge in [-0.05, 0) is 84.6 Å². The van der Waals surface area contributed by atoms with Crippen molar-refractivity contribution in [3.05, 3.63) is 178 Å². The molecule has 4 heterocycles. The number of amides is 1. The Labute approximate surface area is 476 Å². The van der Waals surface area contributed by atoms with Gasteiger partial charge in [-0.1, -0.05) is 111 Å². The molecule has 0 spiro atoms. The van der Waals surface area contributed by atoms with E-state index in [9.17, 15) is 39.3 Å². The first-order valence-electron chi connectivity index (χ1n) is 27.8. The molecule has 430 valence electrons. The number of anilines is 1. The van der Waals surface area contributed by atoms with Crippen LogP contribution in [0.4, 0.5) is 5.82 Å². The van der Waals surface area contributed by atoms with Gasteiger partial charge in [0.2, 0.25) is 0 Å². The van der Waals surface area contributed by atoms with E-state index in [2.05, 4.69) is 63.5 Å². The van der Waals surface area contributed by atoms with Gasteiger partial charge in [0.15, 0.2) is 23.6 Å². The van der Waals surface area contributed by atoms with Gasteiger partial charge in [-0.3, -0.25) is 19.2 Å². The Morgan fingerprint density at radius 1 is 0.793 bits per heavy atom. The topological polar surface area (TPSA) is 241 Å². The van der Waals surface area contributed by atoms with E-state index in [0.29, 0.717) is 11.6 Å². The number of nitrogens with one attached hydrogen (secondary N) is 1. The number of carbonyl (C=O) groups excluding carboxylic acids is 6. The monoisotopic (exact) mass is 1120 g/mol. The normalized spacial score (nSPS) is 29.4. The lowest BCUT2D eigenvalue weighted by Crippen LogP contribution is -2.82. The average molecular weight is 1120 g/mol. The summed E-state index contributed by atoms with van der Waals surface area (Å²) in [6.45, 7) is 11.2. The number of pyridine rings is 1. The summed E-state index contributed by atoms with van der Waals surface area (Å²) >= 11 is 0. The number of hydrogen-bond acceptors (Lipinski definition) is 17.